The summed E-state index contributed by atoms with van der Waals surface area (Å²) < 4.78 is 15.7. The molecular formula is C11H18N2O6S. The van der Waals surface area contributed by atoms with Gasteiger partial charge in [0.05, 0.1) is 5.75 Å². The van der Waals surface area contributed by atoms with Crippen LogP contribution < -0.4 is 5.73 Å². The first-order valence-electron chi connectivity index (χ1n) is 5.93. The highest BCUT2D eigenvalue weighted by Crippen LogP contribution is 1.99. The third-order valence-electron chi connectivity index (χ3n) is 2.15. The second-order valence-corrected chi connectivity index (χ2v) is 5.59. The SMILES string of the molecule is CCCS(=O)CC(=N)C(=O)OC(=O)[C@@H](N)CCC(=O)O. The van der Waals surface area contributed by atoms with Crippen molar-refractivity contribution in [1.82, 2.24) is 0 Å². The zero-order valence-electron chi connectivity index (χ0n) is 11.1. The highest BCUT2D eigenvalue weighted by molar-refractivity contribution is 7.85. The Bertz CT molecular complexity index is 423. The Balaban J connectivity index is 4.24. The van der Waals surface area contributed by atoms with E-state index in [2.05, 4.69) is 4.74 Å². The number of nitrogens with one attached hydrogen (secondary N) is 1. The molecule has 0 rings (SSSR count). The largest absolute Gasteiger partial charge is 0.481 e. The molecule has 8 nitrogen and oxygen atoms in total. The second kappa shape index (κ2) is 9.32. The van der Waals surface area contributed by atoms with Crippen LogP contribution in [0.3, 0.4) is 0 Å². The van der Waals surface area contributed by atoms with E-state index < -0.39 is 40.5 Å². The van der Waals surface area contributed by atoms with Crippen LogP contribution in [0.4, 0.5) is 0 Å². The molecular weight excluding hydrogens is 288 g/mol. The maximum atomic E-state index is 11.4. The number of carbonyl (C=O) groups excluding carboxylic acids is 2. The van der Waals surface area contributed by atoms with Crippen molar-refractivity contribution in [3.63, 3.8) is 0 Å². The summed E-state index contributed by atoms with van der Waals surface area (Å²) in [5.41, 5.74) is 4.77. The first-order valence-corrected chi connectivity index (χ1v) is 7.42. The molecule has 0 saturated carbocycles. The van der Waals surface area contributed by atoms with E-state index in [9.17, 15) is 18.6 Å². The fraction of sp³-hybridized carbons (Fsp3) is 0.636. The van der Waals surface area contributed by atoms with E-state index in [1.165, 1.54) is 0 Å². The number of carboxylic acid groups (broad SMARTS) is 1. The molecule has 0 aliphatic carbocycles. The molecule has 114 valence electrons. The zero-order valence-corrected chi connectivity index (χ0v) is 11.9. The fourth-order valence-corrected chi connectivity index (χ4v) is 2.18. The zero-order chi connectivity index (χ0) is 15.7. The van der Waals surface area contributed by atoms with Crippen molar-refractivity contribution in [2.45, 2.75) is 32.2 Å². The first-order chi connectivity index (χ1) is 9.27. The molecule has 0 bridgehead atoms. The number of nitrogens with two attached hydrogens (primary N) is 1. The van der Waals surface area contributed by atoms with Gasteiger partial charge in [0.1, 0.15) is 11.8 Å². The minimum absolute atomic E-state index is 0.170. The maximum Gasteiger partial charge on any atom is 0.360 e. The third-order valence-corrected chi connectivity index (χ3v) is 3.62. The molecule has 0 fully saturated rings. The number of hydrogen-bond donors (Lipinski definition) is 3. The van der Waals surface area contributed by atoms with E-state index in [4.69, 9.17) is 16.2 Å². The van der Waals surface area contributed by atoms with Crippen LogP contribution in [0.25, 0.3) is 0 Å². The van der Waals surface area contributed by atoms with Crippen molar-refractivity contribution in [2.75, 3.05) is 11.5 Å². The molecule has 2 atom stereocenters. The average molecular weight is 306 g/mol. The molecule has 0 aromatic carbocycles. The van der Waals surface area contributed by atoms with Gasteiger partial charge in [0.25, 0.3) is 0 Å². The van der Waals surface area contributed by atoms with Crippen molar-refractivity contribution in [3.8, 4) is 0 Å². The van der Waals surface area contributed by atoms with Crippen LogP contribution in [0, 0.1) is 5.41 Å². The number of esters is 2. The van der Waals surface area contributed by atoms with Crippen LogP contribution in [0.2, 0.25) is 0 Å². The van der Waals surface area contributed by atoms with Gasteiger partial charge >= 0.3 is 17.9 Å². The fourth-order valence-electron chi connectivity index (χ4n) is 1.15. The van der Waals surface area contributed by atoms with Crippen molar-refractivity contribution in [1.29, 1.82) is 5.41 Å². The van der Waals surface area contributed by atoms with E-state index in [0.29, 0.717) is 12.2 Å². The lowest BCUT2D eigenvalue weighted by atomic mass is 10.2. The van der Waals surface area contributed by atoms with E-state index in [0.717, 1.165) is 0 Å². The van der Waals surface area contributed by atoms with Crippen LogP contribution in [-0.2, 0) is 29.9 Å². The summed E-state index contributed by atoms with van der Waals surface area (Å²) in [5.74, 6) is -3.36. The molecule has 0 aliphatic rings. The first kappa shape index (κ1) is 18.4. The number of ether oxygens (including phenoxy) is 1. The molecule has 0 radical (unpaired) electrons. The lowest BCUT2D eigenvalue weighted by Crippen LogP contribution is -2.36. The van der Waals surface area contributed by atoms with Crippen LogP contribution in [0.5, 0.6) is 0 Å². The number of carbonyl (C=O) groups is 3. The summed E-state index contributed by atoms with van der Waals surface area (Å²) in [6.07, 6.45) is 0.146. The lowest BCUT2D eigenvalue weighted by molar-refractivity contribution is -0.156. The Kier molecular flexibility index (Phi) is 8.57. The molecule has 4 N–H and O–H groups in total. The lowest BCUT2D eigenvalue weighted by Gasteiger charge is -2.09. The molecule has 20 heavy (non-hydrogen) atoms. The Hall–Kier alpha value is -1.61. The molecule has 0 spiro atoms. The number of rotatable bonds is 9. The topological polar surface area (TPSA) is 148 Å². The Labute approximate surface area is 118 Å². The van der Waals surface area contributed by atoms with E-state index in [-0.39, 0.29) is 18.6 Å². The van der Waals surface area contributed by atoms with Crippen molar-refractivity contribution < 1.29 is 28.4 Å². The van der Waals surface area contributed by atoms with Crippen molar-refractivity contribution in [2.24, 2.45) is 5.73 Å². The molecule has 1 unspecified atom stereocenters. The van der Waals surface area contributed by atoms with Crippen molar-refractivity contribution in [3.05, 3.63) is 0 Å². The number of carboxylic acids is 1. The monoisotopic (exact) mass is 306 g/mol. The molecule has 0 amide bonds. The minimum atomic E-state index is -1.35. The molecule has 9 heteroatoms. The Morgan fingerprint density at radius 3 is 2.50 bits per heavy atom. The van der Waals surface area contributed by atoms with Gasteiger partial charge in [-0.3, -0.25) is 14.4 Å². The third kappa shape index (κ3) is 7.74. The van der Waals surface area contributed by atoms with Gasteiger partial charge in [-0.1, -0.05) is 6.92 Å². The summed E-state index contributed by atoms with van der Waals surface area (Å²) in [4.78, 5) is 33.0. The predicted octanol–water partition coefficient (Wildman–Crippen LogP) is -0.573. The summed E-state index contributed by atoms with van der Waals surface area (Å²) in [5, 5.41) is 15.8. The highest BCUT2D eigenvalue weighted by atomic mass is 32.2. The predicted molar refractivity (Wildman–Crippen MR) is 71.8 cm³/mol. The minimum Gasteiger partial charge on any atom is -0.481 e. The summed E-state index contributed by atoms with van der Waals surface area (Å²) in [6, 6.07) is -1.25. The van der Waals surface area contributed by atoms with Crippen LogP contribution in [-0.4, -0.2) is 50.5 Å². The van der Waals surface area contributed by atoms with Crippen LogP contribution in [0.15, 0.2) is 0 Å². The maximum absolute atomic E-state index is 11.4. The molecule has 0 aliphatic heterocycles. The van der Waals surface area contributed by atoms with Gasteiger partial charge in [-0.05, 0) is 12.8 Å². The van der Waals surface area contributed by atoms with Gasteiger partial charge in [0, 0.05) is 23.0 Å². The number of aliphatic carboxylic acids is 1. The van der Waals surface area contributed by atoms with Crippen LogP contribution >= 0.6 is 0 Å². The van der Waals surface area contributed by atoms with Gasteiger partial charge in [-0.25, -0.2) is 9.59 Å². The normalized spacial score (nSPS) is 13.3. The molecule has 0 aromatic rings. The van der Waals surface area contributed by atoms with Gasteiger partial charge in [-0.2, -0.15) is 0 Å². The summed E-state index contributed by atoms with van der Waals surface area (Å²) >= 11 is 0. The summed E-state index contributed by atoms with van der Waals surface area (Å²) in [7, 11) is -1.35. The van der Waals surface area contributed by atoms with Gasteiger partial charge < -0.3 is 15.6 Å². The van der Waals surface area contributed by atoms with Crippen LogP contribution in [0.1, 0.15) is 26.2 Å². The van der Waals surface area contributed by atoms with E-state index in [1.54, 1.807) is 0 Å². The second-order valence-electron chi connectivity index (χ2n) is 4.01. The standard InChI is InChI=1S/C11H18N2O6S/c1-2-5-20(18)6-8(13)11(17)19-10(16)7(12)3-4-9(14)15/h7,13H,2-6,12H2,1H3,(H,14,15)/t7-,20?/m0/s1. The van der Waals surface area contributed by atoms with E-state index in [1.807, 2.05) is 6.92 Å². The Morgan fingerprint density at radius 1 is 1.40 bits per heavy atom. The van der Waals surface area contributed by atoms with Gasteiger partial charge in [-0.15, -0.1) is 0 Å². The quantitative estimate of drug-likeness (QED) is 0.293. The molecule has 0 saturated heterocycles. The number of hydrogen-bond acceptors (Lipinski definition) is 7. The Morgan fingerprint density at radius 2 is 2.00 bits per heavy atom. The van der Waals surface area contributed by atoms with Gasteiger partial charge in [0.2, 0.25) is 0 Å². The molecule has 0 heterocycles. The smallest absolute Gasteiger partial charge is 0.360 e. The highest BCUT2D eigenvalue weighted by Gasteiger charge is 2.22. The van der Waals surface area contributed by atoms with Crippen molar-refractivity contribution >= 4 is 34.4 Å². The van der Waals surface area contributed by atoms with E-state index >= 15 is 0 Å². The van der Waals surface area contributed by atoms with Gasteiger partial charge in [0.15, 0.2) is 0 Å². The summed E-state index contributed by atoms with van der Waals surface area (Å²) in [6.45, 7) is 1.81. The molecule has 0 aromatic heterocycles. The average Bonchev–Trinajstić information content (AvgIpc) is 2.35.